The summed E-state index contributed by atoms with van der Waals surface area (Å²) in [4.78, 5) is 12.1. The van der Waals surface area contributed by atoms with Gasteiger partial charge >= 0.3 is 0 Å². The number of aromatic nitrogens is 3. The molecule has 25 heavy (non-hydrogen) atoms. The summed E-state index contributed by atoms with van der Waals surface area (Å²) < 4.78 is 7.71. The van der Waals surface area contributed by atoms with E-state index in [2.05, 4.69) is 22.6 Å². The van der Waals surface area contributed by atoms with Crippen molar-refractivity contribution in [3.8, 4) is 0 Å². The van der Waals surface area contributed by atoms with E-state index in [1.807, 2.05) is 24.3 Å². The molecular formula is C19H26N4O2. The molecule has 0 spiro atoms. The molecule has 6 heteroatoms. The lowest BCUT2D eigenvalue weighted by Gasteiger charge is -2.26. The SMILES string of the molecule is C[C@@H]1CCC[C@@H](OCc2cccc(NC(=O)CCn3ccnn3)c2)C1. The smallest absolute Gasteiger partial charge is 0.226 e. The van der Waals surface area contributed by atoms with E-state index in [4.69, 9.17) is 4.74 Å². The molecule has 1 fully saturated rings. The van der Waals surface area contributed by atoms with Crippen molar-refractivity contribution in [1.82, 2.24) is 15.0 Å². The fourth-order valence-electron chi connectivity index (χ4n) is 3.27. The first-order valence-electron chi connectivity index (χ1n) is 9.03. The molecule has 1 saturated carbocycles. The van der Waals surface area contributed by atoms with Gasteiger partial charge in [0.2, 0.25) is 5.91 Å². The number of nitrogens with one attached hydrogen (secondary N) is 1. The number of carbonyl (C=O) groups excluding carboxylic acids is 1. The van der Waals surface area contributed by atoms with Crippen molar-refractivity contribution in [1.29, 1.82) is 0 Å². The molecule has 0 saturated heterocycles. The molecule has 1 amide bonds. The van der Waals surface area contributed by atoms with E-state index in [9.17, 15) is 4.79 Å². The van der Waals surface area contributed by atoms with Gasteiger partial charge in [0.15, 0.2) is 0 Å². The summed E-state index contributed by atoms with van der Waals surface area (Å²) in [6, 6.07) is 7.88. The lowest BCUT2D eigenvalue weighted by Crippen LogP contribution is -2.21. The predicted octanol–water partition coefficient (Wildman–Crippen LogP) is 3.40. The van der Waals surface area contributed by atoms with Crippen LogP contribution in [0.15, 0.2) is 36.7 Å². The van der Waals surface area contributed by atoms with Crippen LogP contribution < -0.4 is 5.32 Å². The Balaban J connectivity index is 1.46. The third-order valence-electron chi connectivity index (χ3n) is 4.62. The van der Waals surface area contributed by atoms with Crippen molar-refractivity contribution in [3.05, 3.63) is 42.2 Å². The lowest BCUT2D eigenvalue weighted by atomic mass is 9.89. The Bertz CT molecular complexity index is 672. The third kappa shape index (κ3) is 5.67. The number of amides is 1. The molecule has 0 radical (unpaired) electrons. The van der Waals surface area contributed by atoms with Crippen LogP contribution in [0.5, 0.6) is 0 Å². The summed E-state index contributed by atoms with van der Waals surface area (Å²) in [6.45, 7) is 3.42. The maximum atomic E-state index is 12.1. The number of rotatable bonds is 7. The number of nitrogens with zero attached hydrogens (tertiary/aromatic N) is 3. The molecule has 1 aliphatic rings. The van der Waals surface area contributed by atoms with Gasteiger partial charge in [0, 0.05) is 18.3 Å². The normalized spacial score (nSPS) is 20.4. The molecule has 0 aliphatic heterocycles. The molecule has 3 rings (SSSR count). The number of benzene rings is 1. The van der Waals surface area contributed by atoms with E-state index in [-0.39, 0.29) is 5.91 Å². The first-order chi connectivity index (χ1) is 12.2. The number of aryl methyl sites for hydroxylation is 1. The summed E-state index contributed by atoms with van der Waals surface area (Å²) in [5, 5.41) is 10.5. The number of hydrogen-bond donors (Lipinski definition) is 1. The molecule has 1 aromatic carbocycles. The molecule has 2 aromatic rings. The Kier molecular flexibility index (Phi) is 6.17. The fraction of sp³-hybridized carbons (Fsp3) is 0.526. The first-order valence-corrected chi connectivity index (χ1v) is 9.03. The highest BCUT2D eigenvalue weighted by atomic mass is 16.5. The summed E-state index contributed by atoms with van der Waals surface area (Å²) in [5.41, 5.74) is 1.90. The monoisotopic (exact) mass is 342 g/mol. The van der Waals surface area contributed by atoms with Gasteiger partial charge in [-0.3, -0.25) is 9.48 Å². The van der Waals surface area contributed by atoms with Crippen molar-refractivity contribution in [2.24, 2.45) is 5.92 Å². The zero-order chi connectivity index (χ0) is 17.5. The number of carbonyl (C=O) groups is 1. The minimum atomic E-state index is -0.0327. The molecular weight excluding hydrogens is 316 g/mol. The van der Waals surface area contributed by atoms with E-state index in [0.29, 0.717) is 25.7 Å². The minimum Gasteiger partial charge on any atom is -0.374 e. The van der Waals surface area contributed by atoms with Crippen LogP contribution in [0, 0.1) is 5.92 Å². The average molecular weight is 342 g/mol. The number of anilines is 1. The van der Waals surface area contributed by atoms with Crippen molar-refractivity contribution in [2.45, 2.75) is 58.3 Å². The van der Waals surface area contributed by atoms with Crippen molar-refractivity contribution < 1.29 is 9.53 Å². The number of hydrogen-bond acceptors (Lipinski definition) is 4. The Hall–Kier alpha value is -2.21. The van der Waals surface area contributed by atoms with E-state index in [1.54, 1.807) is 17.1 Å². The van der Waals surface area contributed by atoms with Crippen LogP contribution in [0.1, 0.15) is 44.6 Å². The van der Waals surface area contributed by atoms with Crippen molar-refractivity contribution in [3.63, 3.8) is 0 Å². The van der Waals surface area contributed by atoms with Crippen LogP contribution in [0.3, 0.4) is 0 Å². The maximum Gasteiger partial charge on any atom is 0.226 e. The van der Waals surface area contributed by atoms with Crippen LogP contribution in [0.2, 0.25) is 0 Å². The van der Waals surface area contributed by atoms with Gasteiger partial charge in [-0.25, -0.2) is 0 Å². The van der Waals surface area contributed by atoms with Crippen LogP contribution in [-0.2, 0) is 22.7 Å². The zero-order valence-electron chi connectivity index (χ0n) is 14.7. The molecule has 134 valence electrons. The van der Waals surface area contributed by atoms with Gasteiger partial charge in [-0.1, -0.05) is 37.1 Å². The molecule has 2 atom stereocenters. The summed E-state index contributed by atoms with van der Waals surface area (Å²) in [6.07, 6.45) is 8.96. The highest BCUT2D eigenvalue weighted by molar-refractivity contribution is 5.90. The standard InChI is InChI=1S/C19H26N4O2/c1-15-4-2-7-18(12-15)25-14-16-5-3-6-17(13-16)21-19(24)8-10-23-11-9-20-22-23/h3,5-6,9,11,13,15,18H,2,4,7-8,10,12,14H2,1H3,(H,21,24)/t15-,18-/m1/s1. The zero-order valence-corrected chi connectivity index (χ0v) is 14.7. The van der Waals surface area contributed by atoms with E-state index < -0.39 is 0 Å². The summed E-state index contributed by atoms with van der Waals surface area (Å²) >= 11 is 0. The van der Waals surface area contributed by atoms with Gasteiger partial charge in [0.1, 0.15) is 0 Å². The fourth-order valence-corrected chi connectivity index (χ4v) is 3.27. The van der Waals surface area contributed by atoms with E-state index in [0.717, 1.165) is 30.0 Å². The van der Waals surface area contributed by atoms with Gasteiger partial charge in [-0.05, 0) is 36.5 Å². The maximum absolute atomic E-state index is 12.1. The second kappa shape index (κ2) is 8.76. The molecule has 0 bridgehead atoms. The largest absolute Gasteiger partial charge is 0.374 e. The molecule has 6 nitrogen and oxygen atoms in total. The quantitative estimate of drug-likeness (QED) is 0.837. The Morgan fingerprint density at radius 2 is 2.32 bits per heavy atom. The molecule has 1 N–H and O–H groups in total. The molecule has 0 unspecified atom stereocenters. The second-order valence-electron chi connectivity index (χ2n) is 6.87. The Labute approximate surface area is 148 Å². The van der Waals surface area contributed by atoms with E-state index in [1.165, 1.54) is 12.8 Å². The average Bonchev–Trinajstić information content (AvgIpc) is 3.12. The van der Waals surface area contributed by atoms with E-state index >= 15 is 0 Å². The number of ether oxygens (including phenoxy) is 1. The van der Waals surface area contributed by atoms with Crippen molar-refractivity contribution in [2.75, 3.05) is 5.32 Å². The Morgan fingerprint density at radius 3 is 3.12 bits per heavy atom. The van der Waals surface area contributed by atoms with Crippen LogP contribution in [-0.4, -0.2) is 27.0 Å². The van der Waals surface area contributed by atoms with Crippen LogP contribution in [0.4, 0.5) is 5.69 Å². The summed E-state index contributed by atoms with van der Waals surface area (Å²) in [7, 11) is 0. The van der Waals surface area contributed by atoms with Crippen LogP contribution >= 0.6 is 0 Å². The van der Waals surface area contributed by atoms with Crippen LogP contribution in [0.25, 0.3) is 0 Å². The molecule has 1 heterocycles. The van der Waals surface area contributed by atoms with Gasteiger partial charge < -0.3 is 10.1 Å². The molecule has 1 aromatic heterocycles. The van der Waals surface area contributed by atoms with Gasteiger partial charge in [0.05, 0.1) is 25.5 Å². The van der Waals surface area contributed by atoms with Crippen molar-refractivity contribution >= 4 is 11.6 Å². The minimum absolute atomic E-state index is 0.0327. The topological polar surface area (TPSA) is 69.0 Å². The predicted molar refractivity (Wildman–Crippen MR) is 95.9 cm³/mol. The molecule has 1 aliphatic carbocycles. The highest BCUT2D eigenvalue weighted by Crippen LogP contribution is 2.26. The second-order valence-corrected chi connectivity index (χ2v) is 6.87. The third-order valence-corrected chi connectivity index (χ3v) is 4.62. The lowest BCUT2D eigenvalue weighted by molar-refractivity contribution is -0.116. The van der Waals surface area contributed by atoms with Gasteiger partial charge in [-0.2, -0.15) is 0 Å². The van der Waals surface area contributed by atoms with Gasteiger partial charge in [-0.15, -0.1) is 5.10 Å². The van der Waals surface area contributed by atoms with Gasteiger partial charge in [0.25, 0.3) is 0 Å². The Morgan fingerprint density at radius 1 is 1.40 bits per heavy atom. The first kappa shape index (κ1) is 17.6. The summed E-state index contributed by atoms with van der Waals surface area (Å²) in [5.74, 6) is 0.726. The highest BCUT2D eigenvalue weighted by Gasteiger charge is 2.19.